The standard InChI is InChI=1S/C19H23NO3/c1-6-20-14(4)10-17(15(20)5)18(21)11-23-19(22)16-9-12(2)7-8-13(16)3/h7-10H,6,11H2,1-5H3. The molecule has 23 heavy (non-hydrogen) atoms. The highest BCUT2D eigenvalue weighted by Gasteiger charge is 2.18. The summed E-state index contributed by atoms with van der Waals surface area (Å²) in [5.74, 6) is -0.625. The van der Waals surface area contributed by atoms with Gasteiger partial charge in [0.15, 0.2) is 6.61 Å². The SMILES string of the molecule is CCn1c(C)cc(C(=O)COC(=O)c2cc(C)ccc2C)c1C. The molecule has 0 bridgehead atoms. The molecular formula is C19H23NO3. The van der Waals surface area contributed by atoms with Crippen LogP contribution in [0.25, 0.3) is 0 Å². The topological polar surface area (TPSA) is 48.3 Å². The second-order valence-corrected chi connectivity index (χ2v) is 5.85. The van der Waals surface area contributed by atoms with Crippen LogP contribution in [0.5, 0.6) is 0 Å². The lowest BCUT2D eigenvalue weighted by molar-refractivity contribution is 0.0473. The van der Waals surface area contributed by atoms with Gasteiger partial charge in [0, 0.05) is 23.5 Å². The van der Waals surface area contributed by atoms with E-state index in [1.165, 1.54) is 0 Å². The fraction of sp³-hybridized carbons (Fsp3) is 0.368. The average Bonchev–Trinajstić information content (AvgIpc) is 2.81. The Labute approximate surface area is 137 Å². The highest BCUT2D eigenvalue weighted by atomic mass is 16.5. The van der Waals surface area contributed by atoms with Crippen molar-refractivity contribution in [3.8, 4) is 0 Å². The number of rotatable bonds is 5. The smallest absolute Gasteiger partial charge is 0.338 e. The summed E-state index contributed by atoms with van der Waals surface area (Å²) in [6.45, 7) is 10.3. The lowest BCUT2D eigenvalue weighted by atomic mass is 10.1. The molecule has 4 heteroatoms. The van der Waals surface area contributed by atoms with Crippen LogP contribution >= 0.6 is 0 Å². The molecule has 1 aromatic heterocycles. The van der Waals surface area contributed by atoms with E-state index in [2.05, 4.69) is 4.57 Å². The Hall–Kier alpha value is -2.36. The third kappa shape index (κ3) is 3.52. The first-order valence-electron chi connectivity index (χ1n) is 7.79. The summed E-state index contributed by atoms with van der Waals surface area (Å²) < 4.78 is 7.29. The molecule has 0 aliphatic carbocycles. The second-order valence-electron chi connectivity index (χ2n) is 5.85. The minimum atomic E-state index is -0.455. The number of esters is 1. The Balaban J connectivity index is 2.10. The van der Waals surface area contributed by atoms with Crippen LogP contribution in [0.2, 0.25) is 0 Å². The number of benzene rings is 1. The van der Waals surface area contributed by atoms with Crippen LogP contribution in [-0.4, -0.2) is 22.9 Å². The van der Waals surface area contributed by atoms with Gasteiger partial charge in [0.1, 0.15) is 0 Å². The first-order valence-corrected chi connectivity index (χ1v) is 7.79. The summed E-state index contributed by atoms with van der Waals surface area (Å²) in [5.41, 5.74) is 4.92. The number of Topliss-reactive ketones (excluding diaryl/α,β-unsaturated/α-hetero) is 1. The van der Waals surface area contributed by atoms with E-state index < -0.39 is 5.97 Å². The molecule has 0 unspecified atom stereocenters. The largest absolute Gasteiger partial charge is 0.454 e. The van der Waals surface area contributed by atoms with Gasteiger partial charge in [-0.3, -0.25) is 4.79 Å². The molecule has 0 saturated heterocycles. The van der Waals surface area contributed by atoms with Crippen LogP contribution in [0.4, 0.5) is 0 Å². The lowest BCUT2D eigenvalue weighted by Gasteiger charge is -2.08. The molecule has 1 aromatic carbocycles. The van der Waals surface area contributed by atoms with Gasteiger partial charge < -0.3 is 9.30 Å². The quantitative estimate of drug-likeness (QED) is 0.623. The van der Waals surface area contributed by atoms with Crippen LogP contribution in [0.15, 0.2) is 24.3 Å². The molecule has 0 aliphatic rings. The maximum atomic E-state index is 12.3. The summed E-state index contributed by atoms with van der Waals surface area (Å²) in [6, 6.07) is 7.46. The Morgan fingerprint density at radius 1 is 1.04 bits per heavy atom. The van der Waals surface area contributed by atoms with Crippen molar-refractivity contribution < 1.29 is 14.3 Å². The zero-order valence-corrected chi connectivity index (χ0v) is 14.4. The molecule has 0 spiro atoms. The predicted molar refractivity (Wildman–Crippen MR) is 90.1 cm³/mol. The number of carbonyl (C=O) groups is 2. The normalized spacial score (nSPS) is 10.7. The Bertz CT molecular complexity index is 756. The summed E-state index contributed by atoms with van der Waals surface area (Å²) in [6.07, 6.45) is 0. The number of hydrogen-bond acceptors (Lipinski definition) is 3. The number of carbonyl (C=O) groups excluding carboxylic acids is 2. The van der Waals surface area contributed by atoms with Crippen molar-refractivity contribution in [2.75, 3.05) is 6.61 Å². The number of aromatic nitrogens is 1. The van der Waals surface area contributed by atoms with Crippen molar-refractivity contribution >= 4 is 11.8 Å². The van der Waals surface area contributed by atoms with E-state index in [1.807, 2.05) is 52.8 Å². The maximum Gasteiger partial charge on any atom is 0.338 e. The highest BCUT2D eigenvalue weighted by Crippen LogP contribution is 2.17. The molecule has 1 heterocycles. The first kappa shape index (κ1) is 17.0. The van der Waals surface area contributed by atoms with Gasteiger partial charge in [0.2, 0.25) is 5.78 Å². The fourth-order valence-corrected chi connectivity index (χ4v) is 2.81. The molecule has 0 atom stereocenters. The van der Waals surface area contributed by atoms with Gasteiger partial charge in [0.05, 0.1) is 5.56 Å². The van der Waals surface area contributed by atoms with E-state index in [9.17, 15) is 9.59 Å². The second kappa shape index (κ2) is 6.82. The summed E-state index contributed by atoms with van der Waals surface area (Å²) in [7, 11) is 0. The van der Waals surface area contributed by atoms with Gasteiger partial charge in [-0.25, -0.2) is 4.79 Å². The third-order valence-corrected chi connectivity index (χ3v) is 4.14. The third-order valence-electron chi connectivity index (χ3n) is 4.14. The first-order chi connectivity index (χ1) is 10.8. The van der Waals surface area contributed by atoms with E-state index >= 15 is 0 Å². The molecule has 0 amide bonds. The van der Waals surface area contributed by atoms with Gasteiger partial charge in [-0.2, -0.15) is 0 Å². The summed E-state index contributed by atoms with van der Waals surface area (Å²) >= 11 is 0. The lowest BCUT2D eigenvalue weighted by Crippen LogP contribution is -2.16. The van der Waals surface area contributed by atoms with Crippen LogP contribution in [0.3, 0.4) is 0 Å². The Morgan fingerprint density at radius 2 is 1.74 bits per heavy atom. The van der Waals surface area contributed by atoms with Gasteiger partial charge >= 0.3 is 5.97 Å². The van der Waals surface area contributed by atoms with Gasteiger partial charge in [0.25, 0.3) is 0 Å². The van der Waals surface area contributed by atoms with Crippen molar-refractivity contribution in [1.29, 1.82) is 0 Å². The highest BCUT2D eigenvalue weighted by molar-refractivity contribution is 6.00. The van der Waals surface area contributed by atoms with Crippen LogP contribution in [-0.2, 0) is 11.3 Å². The van der Waals surface area contributed by atoms with E-state index in [1.54, 1.807) is 6.07 Å². The predicted octanol–water partition coefficient (Wildman–Crippen LogP) is 3.78. The molecule has 2 aromatic rings. The average molecular weight is 313 g/mol. The van der Waals surface area contributed by atoms with Crippen LogP contribution in [0.1, 0.15) is 50.2 Å². The minimum Gasteiger partial charge on any atom is -0.454 e. The van der Waals surface area contributed by atoms with Crippen molar-refractivity contribution in [1.82, 2.24) is 4.57 Å². The van der Waals surface area contributed by atoms with E-state index in [-0.39, 0.29) is 12.4 Å². The molecule has 2 rings (SSSR count). The molecule has 4 nitrogen and oxygen atoms in total. The molecule has 0 aliphatic heterocycles. The number of hydrogen-bond donors (Lipinski definition) is 0. The van der Waals surface area contributed by atoms with Gasteiger partial charge in [-0.05, 0) is 52.3 Å². The number of aryl methyl sites for hydroxylation is 3. The monoisotopic (exact) mass is 313 g/mol. The van der Waals surface area contributed by atoms with Crippen molar-refractivity contribution in [2.45, 2.75) is 41.2 Å². The fourth-order valence-electron chi connectivity index (χ4n) is 2.81. The zero-order chi connectivity index (χ0) is 17.1. The van der Waals surface area contributed by atoms with Gasteiger partial charge in [-0.1, -0.05) is 17.7 Å². The molecule has 122 valence electrons. The molecule has 0 fully saturated rings. The summed E-state index contributed by atoms with van der Waals surface area (Å²) in [4.78, 5) is 24.5. The molecule has 0 saturated carbocycles. The number of nitrogens with zero attached hydrogens (tertiary/aromatic N) is 1. The molecule has 0 N–H and O–H groups in total. The minimum absolute atomic E-state index is 0.170. The Morgan fingerprint density at radius 3 is 2.35 bits per heavy atom. The van der Waals surface area contributed by atoms with Crippen LogP contribution < -0.4 is 0 Å². The molecule has 0 radical (unpaired) electrons. The van der Waals surface area contributed by atoms with E-state index in [0.717, 1.165) is 29.1 Å². The zero-order valence-electron chi connectivity index (χ0n) is 14.4. The number of ether oxygens (including phenoxy) is 1. The summed E-state index contributed by atoms with van der Waals surface area (Å²) in [5, 5.41) is 0. The van der Waals surface area contributed by atoms with E-state index in [0.29, 0.717) is 11.1 Å². The van der Waals surface area contributed by atoms with E-state index in [4.69, 9.17) is 4.74 Å². The van der Waals surface area contributed by atoms with Crippen molar-refractivity contribution in [3.05, 3.63) is 57.9 Å². The van der Waals surface area contributed by atoms with Crippen LogP contribution in [0, 0.1) is 27.7 Å². The van der Waals surface area contributed by atoms with Crippen molar-refractivity contribution in [2.24, 2.45) is 0 Å². The number of ketones is 1. The maximum absolute atomic E-state index is 12.3. The van der Waals surface area contributed by atoms with Crippen molar-refractivity contribution in [3.63, 3.8) is 0 Å². The van der Waals surface area contributed by atoms with Gasteiger partial charge in [-0.15, -0.1) is 0 Å². The Kier molecular flexibility index (Phi) is 5.04. The molecular weight excluding hydrogens is 290 g/mol.